The summed E-state index contributed by atoms with van der Waals surface area (Å²) in [4.78, 5) is 36.8. The minimum Gasteiger partial charge on any atom is -0.312 e. The lowest BCUT2D eigenvalue weighted by molar-refractivity contribution is -0.394. The number of rotatable bonds is 7. The summed E-state index contributed by atoms with van der Waals surface area (Å²) in [7, 11) is -4.10. The van der Waals surface area contributed by atoms with Gasteiger partial charge in [0.1, 0.15) is 16.3 Å². The molecule has 0 bridgehead atoms. The molecule has 2 aromatic carbocycles. The molecule has 1 aliphatic carbocycles. The molecule has 0 spiro atoms. The second-order valence-electron chi connectivity index (χ2n) is 6.17. The molecule has 33 heavy (non-hydrogen) atoms. The Morgan fingerprint density at radius 3 is 1.85 bits per heavy atom. The summed E-state index contributed by atoms with van der Waals surface area (Å²) >= 11 is 0. The van der Waals surface area contributed by atoms with Gasteiger partial charge in [-0.25, -0.2) is 4.79 Å². The van der Waals surface area contributed by atoms with Gasteiger partial charge in [0.25, 0.3) is 11.4 Å². The first-order chi connectivity index (χ1) is 15.7. The van der Waals surface area contributed by atoms with E-state index in [4.69, 9.17) is 0 Å². The van der Waals surface area contributed by atoms with Crippen molar-refractivity contribution in [2.75, 3.05) is 0 Å². The number of benzene rings is 2. The Kier molecular flexibility index (Phi) is 6.68. The highest BCUT2D eigenvalue weighted by Gasteiger charge is 2.21. The monoisotopic (exact) mass is 472 g/mol. The molecule has 2 aromatic rings. The number of hydrogen-bond acceptors (Lipinski definition) is 11. The van der Waals surface area contributed by atoms with Crippen molar-refractivity contribution in [2.24, 2.45) is 10.3 Å². The van der Waals surface area contributed by atoms with Crippen LogP contribution in [-0.2, 0) is 19.2 Å². The van der Waals surface area contributed by atoms with Gasteiger partial charge in [0.15, 0.2) is 0 Å². The number of carbonyl (C=O) groups is 1. The summed E-state index contributed by atoms with van der Waals surface area (Å²) in [5, 5.41) is 28.9. The van der Waals surface area contributed by atoms with E-state index in [0.29, 0.717) is 6.07 Å². The van der Waals surface area contributed by atoms with E-state index in [2.05, 4.69) is 19.4 Å². The van der Waals surface area contributed by atoms with E-state index in [1.807, 2.05) is 0 Å². The average molecular weight is 472 g/mol. The second kappa shape index (κ2) is 9.61. The third kappa shape index (κ3) is 5.92. The van der Waals surface area contributed by atoms with Crippen LogP contribution in [0, 0.1) is 20.2 Å². The van der Waals surface area contributed by atoms with Crippen LogP contribution in [-0.4, -0.2) is 35.7 Å². The lowest BCUT2D eigenvalue weighted by Gasteiger charge is -2.04. The summed E-state index contributed by atoms with van der Waals surface area (Å²) < 4.78 is 28.7. The predicted molar refractivity (Wildman–Crippen MR) is 113 cm³/mol. The van der Waals surface area contributed by atoms with Crippen molar-refractivity contribution in [1.29, 1.82) is 0 Å². The summed E-state index contributed by atoms with van der Waals surface area (Å²) in [5.41, 5.74) is -1.53. The molecule has 0 heterocycles. The molecule has 0 saturated carbocycles. The van der Waals surface area contributed by atoms with Crippen molar-refractivity contribution >= 4 is 38.9 Å². The lowest BCUT2D eigenvalue weighted by Crippen LogP contribution is -2.07. The molecule has 0 atom stereocenters. The third-order valence-electron chi connectivity index (χ3n) is 3.92. The normalized spacial score (nSPS) is 12.7. The van der Waals surface area contributed by atoms with Crippen LogP contribution in [0.25, 0.3) is 0 Å². The van der Waals surface area contributed by atoms with E-state index in [9.17, 15) is 33.4 Å². The highest BCUT2D eigenvalue weighted by atomic mass is 32.2. The molecule has 0 saturated heterocycles. The van der Waals surface area contributed by atoms with Gasteiger partial charge in [0.05, 0.1) is 21.5 Å². The Hall–Kier alpha value is -4.72. The van der Waals surface area contributed by atoms with Crippen molar-refractivity contribution in [1.82, 2.24) is 0 Å². The van der Waals surface area contributed by atoms with Gasteiger partial charge in [-0.3, -0.25) is 24.5 Å². The Balaban J connectivity index is 1.67. The van der Waals surface area contributed by atoms with Gasteiger partial charge in [-0.2, -0.15) is 8.42 Å². The molecule has 0 radical (unpaired) electrons. The lowest BCUT2D eigenvalue weighted by atomic mass is 10.1. The fraction of sp³-hybridized carbons (Fsp3) is 0. The molecule has 0 amide bonds. The number of oxime groups is 2. The van der Waals surface area contributed by atoms with Crippen molar-refractivity contribution in [3.63, 3.8) is 0 Å². The fourth-order valence-electron chi connectivity index (χ4n) is 2.37. The largest absolute Gasteiger partial charge is 0.366 e. The number of carbonyl (C=O) groups excluding carboxylic acids is 1. The van der Waals surface area contributed by atoms with Gasteiger partial charge in [-0.05, 0) is 36.4 Å². The quantitative estimate of drug-likeness (QED) is 0.253. The van der Waals surface area contributed by atoms with Crippen LogP contribution in [0.1, 0.15) is 10.4 Å². The van der Waals surface area contributed by atoms with Gasteiger partial charge in [0, 0.05) is 12.1 Å². The van der Waals surface area contributed by atoms with Gasteiger partial charge < -0.3 is 4.84 Å². The number of non-ortho nitro benzene ring substituents is 2. The maximum absolute atomic E-state index is 12.1. The first-order valence-corrected chi connectivity index (χ1v) is 10.2. The number of hydrogen-bond donors (Lipinski definition) is 0. The van der Waals surface area contributed by atoms with E-state index >= 15 is 0 Å². The van der Waals surface area contributed by atoms with Gasteiger partial charge in [0.2, 0.25) is 0 Å². The van der Waals surface area contributed by atoms with E-state index < -0.39 is 42.9 Å². The molecular formula is C19H12N4O9S. The second-order valence-corrected chi connectivity index (χ2v) is 7.70. The Labute approximate surface area is 185 Å². The number of allylic oxidation sites excluding steroid dienone is 4. The van der Waals surface area contributed by atoms with Crippen LogP contribution in [0.2, 0.25) is 0 Å². The van der Waals surface area contributed by atoms with Crippen LogP contribution < -0.4 is 0 Å². The molecule has 3 rings (SSSR count). The molecule has 0 aliphatic heterocycles. The van der Waals surface area contributed by atoms with Crippen molar-refractivity contribution in [3.05, 3.63) is 98.6 Å². The number of nitro groups is 2. The van der Waals surface area contributed by atoms with Crippen LogP contribution in [0.3, 0.4) is 0 Å². The van der Waals surface area contributed by atoms with Crippen molar-refractivity contribution < 1.29 is 32.2 Å². The number of nitrogens with zero attached hydrogens (tertiary/aromatic N) is 4. The summed E-state index contributed by atoms with van der Waals surface area (Å²) in [5.74, 6) is -1.16. The van der Waals surface area contributed by atoms with E-state index in [1.165, 1.54) is 48.6 Å². The molecular weight excluding hydrogens is 460 g/mol. The van der Waals surface area contributed by atoms with Gasteiger partial charge >= 0.3 is 16.1 Å². The van der Waals surface area contributed by atoms with Crippen molar-refractivity contribution in [2.45, 2.75) is 4.90 Å². The van der Waals surface area contributed by atoms with Crippen LogP contribution in [0.4, 0.5) is 11.4 Å². The first kappa shape index (κ1) is 23.0. The SMILES string of the molecule is O=C(ON=C1C=CC(=NOS(=O)(=O)c2ccccc2)C=C1)c1cc([N+](=O)[O-])cc([N+](=O)[O-])c1. The van der Waals surface area contributed by atoms with E-state index in [-0.39, 0.29) is 16.3 Å². The van der Waals surface area contributed by atoms with Gasteiger partial charge in [-0.15, -0.1) is 0 Å². The molecule has 168 valence electrons. The van der Waals surface area contributed by atoms with Crippen LogP contribution in [0.15, 0.2) is 88.0 Å². The maximum atomic E-state index is 12.1. The molecule has 0 fully saturated rings. The minimum atomic E-state index is -4.10. The zero-order chi connectivity index (χ0) is 24.0. The minimum absolute atomic E-state index is 0.0753. The van der Waals surface area contributed by atoms with Crippen LogP contribution in [0.5, 0.6) is 0 Å². The Morgan fingerprint density at radius 2 is 1.33 bits per heavy atom. The van der Waals surface area contributed by atoms with Crippen LogP contribution >= 0.6 is 0 Å². The van der Waals surface area contributed by atoms with Crippen molar-refractivity contribution in [3.8, 4) is 0 Å². The molecule has 14 heteroatoms. The smallest absolute Gasteiger partial charge is 0.312 e. The summed E-state index contributed by atoms with van der Waals surface area (Å²) in [6.45, 7) is 0. The zero-order valence-electron chi connectivity index (χ0n) is 16.3. The molecule has 1 aliphatic rings. The zero-order valence-corrected chi connectivity index (χ0v) is 17.1. The average Bonchev–Trinajstić information content (AvgIpc) is 2.82. The third-order valence-corrected chi connectivity index (χ3v) is 5.04. The molecule has 13 nitrogen and oxygen atoms in total. The molecule has 0 N–H and O–H groups in total. The Morgan fingerprint density at radius 1 is 0.818 bits per heavy atom. The highest BCUT2D eigenvalue weighted by molar-refractivity contribution is 7.86. The molecule has 0 aromatic heterocycles. The topological polar surface area (TPSA) is 181 Å². The summed E-state index contributed by atoms with van der Waals surface area (Å²) in [6.07, 6.45) is 5.29. The Bertz CT molecular complexity index is 1300. The number of nitro benzene ring substituents is 2. The summed E-state index contributed by atoms with van der Waals surface area (Å²) in [6, 6.07) is 9.73. The first-order valence-electron chi connectivity index (χ1n) is 8.82. The fourth-order valence-corrected chi connectivity index (χ4v) is 3.13. The van der Waals surface area contributed by atoms with E-state index in [0.717, 1.165) is 12.1 Å². The predicted octanol–water partition coefficient (Wildman–Crippen LogP) is 2.90. The van der Waals surface area contributed by atoms with E-state index in [1.54, 1.807) is 6.07 Å². The standard InChI is InChI=1S/C19H12N4O9S/c24-19(13-10-16(22(25)26)12-17(11-13)23(27)28)31-20-14-6-8-15(9-7-14)21-32-33(29,30)18-4-2-1-3-5-18/h1-12H. The molecule has 0 unspecified atom stereocenters. The highest BCUT2D eigenvalue weighted by Crippen LogP contribution is 2.23. The maximum Gasteiger partial charge on any atom is 0.366 e. The van der Waals surface area contributed by atoms with Gasteiger partial charge in [-0.1, -0.05) is 28.5 Å².